The summed E-state index contributed by atoms with van der Waals surface area (Å²) in [5.41, 5.74) is 1.18. The first kappa shape index (κ1) is 16.4. The number of rotatable bonds is 10. The van der Waals surface area contributed by atoms with Crippen molar-refractivity contribution >= 4 is 5.78 Å². The Kier molecular flexibility index (Phi) is 8.32. The molecule has 1 rings (SSSR count). The number of allylic oxidation sites excluding steroid dienone is 2. The molecule has 1 aromatic carbocycles. The van der Waals surface area contributed by atoms with Crippen LogP contribution in [0, 0.1) is 5.92 Å². The van der Waals surface area contributed by atoms with Gasteiger partial charge in [0.05, 0.1) is 13.2 Å². The first-order valence-electron chi connectivity index (χ1n) is 7.12. The molecule has 0 N–H and O–H groups in total. The van der Waals surface area contributed by atoms with Crippen LogP contribution < -0.4 is 0 Å². The summed E-state index contributed by atoms with van der Waals surface area (Å²) >= 11 is 0. The summed E-state index contributed by atoms with van der Waals surface area (Å²) in [5.74, 6) is 0.595. The average Bonchev–Trinajstić information content (AvgIpc) is 2.45. The standard InChI is InChI=1S/C18H24O2/c1-3-4-10-17(13-8-9-16(2)19)14-20-15-18-11-6-5-7-12-18/h3-7,10-12,17H,1,8-9,13-15H2,2H3/b10-4+. The quantitative estimate of drug-likeness (QED) is 0.593. The predicted octanol–water partition coefficient (Wildman–Crippen LogP) is 4.32. The van der Waals surface area contributed by atoms with Crippen molar-refractivity contribution in [3.05, 3.63) is 60.7 Å². The van der Waals surface area contributed by atoms with Crippen molar-refractivity contribution < 1.29 is 9.53 Å². The van der Waals surface area contributed by atoms with E-state index in [9.17, 15) is 4.79 Å². The van der Waals surface area contributed by atoms with Crippen molar-refractivity contribution in [3.63, 3.8) is 0 Å². The Morgan fingerprint density at radius 3 is 2.75 bits per heavy atom. The SMILES string of the molecule is C=C/C=C/C(CCCC(C)=O)COCc1ccccc1. The molecule has 0 saturated heterocycles. The summed E-state index contributed by atoms with van der Waals surface area (Å²) < 4.78 is 5.77. The number of carbonyl (C=O) groups excluding carboxylic acids is 1. The Morgan fingerprint density at radius 1 is 1.35 bits per heavy atom. The number of Topliss-reactive ketones (excluding diaryl/α,β-unsaturated/α-hetero) is 1. The van der Waals surface area contributed by atoms with Crippen molar-refractivity contribution in [2.24, 2.45) is 5.92 Å². The molecule has 2 nitrogen and oxygen atoms in total. The van der Waals surface area contributed by atoms with Gasteiger partial charge in [0.1, 0.15) is 5.78 Å². The van der Waals surface area contributed by atoms with Crippen molar-refractivity contribution in [1.29, 1.82) is 0 Å². The Balaban J connectivity index is 2.34. The topological polar surface area (TPSA) is 26.3 Å². The molecule has 2 heteroatoms. The third-order valence-corrected chi connectivity index (χ3v) is 3.07. The van der Waals surface area contributed by atoms with Crippen molar-refractivity contribution in [3.8, 4) is 0 Å². The Labute approximate surface area is 122 Å². The first-order chi connectivity index (χ1) is 9.72. The molecule has 20 heavy (non-hydrogen) atoms. The van der Waals surface area contributed by atoms with E-state index in [0.717, 1.165) is 12.8 Å². The zero-order chi connectivity index (χ0) is 14.6. The molecule has 0 aromatic heterocycles. The van der Waals surface area contributed by atoms with Gasteiger partial charge in [0.2, 0.25) is 0 Å². The lowest BCUT2D eigenvalue weighted by Gasteiger charge is -2.13. The van der Waals surface area contributed by atoms with Crippen LogP contribution in [0.5, 0.6) is 0 Å². The Bertz CT molecular complexity index is 420. The molecule has 1 atom stereocenters. The first-order valence-corrected chi connectivity index (χ1v) is 7.12. The summed E-state index contributed by atoms with van der Waals surface area (Å²) in [6, 6.07) is 10.1. The van der Waals surface area contributed by atoms with E-state index in [1.165, 1.54) is 5.56 Å². The number of ketones is 1. The predicted molar refractivity (Wildman–Crippen MR) is 83.5 cm³/mol. The van der Waals surface area contributed by atoms with Gasteiger partial charge in [-0.05, 0) is 25.3 Å². The van der Waals surface area contributed by atoms with E-state index in [-0.39, 0.29) is 5.78 Å². The summed E-state index contributed by atoms with van der Waals surface area (Å²) in [6.45, 7) is 6.64. The van der Waals surface area contributed by atoms with Crippen LogP contribution in [0.25, 0.3) is 0 Å². The van der Waals surface area contributed by atoms with Crippen LogP contribution in [-0.2, 0) is 16.1 Å². The number of hydrogen-bond donors (Lipinski definition) is 0. The van der Waals surface area contributed by atoms with Gasteiger partial charge in [0.15, 0.2) is 0 Å². The van der Waals surface area contributed by atoms with Gasteiger partial charge in [-0.3, -0.25) is 0 Å². The van der Waals surface area contributed by atoms with Crippen molar-refractivity contribution in [2.45, 2.75) is 32.8 Å². The highest BCUT2D eigenvalue weighted by Gasteiger charge is 2.06. The second-order valence-electron chi connectivity index (χ2n) is 4.98. The molecule has 0 aliphatic rings. The largest absolute Gasteiger partial charge is 0.376 e. The van der Waals surface area contributed by atoms with Gasteiger partial charge in [-0.15, -0.1) is 0 Å². The molecule has 1 unspecified atom stereocenters. The van der Waals surface area contributed by atoms with Crippen LogP contribution in [0.3, 0.4) is 0 Å². The van der Waals surface area contributed by atoms with E-state index in [1.807, 2.05) is 24.3 Å². The molecular weight excluding hydrogens is 248 g/mol. The number of hydrogen-bond acceptors (Lipinski definition) is 2. The summed E-state index contributed by atoms with van der Waals surface area (Å²) in [6.07, 6.45) is 8.36. The summed E-state index contributed by atoms with van der Waals surface area (Å²) in [7, 11) is 0. The zero-order valence-corrected chi connectivity index (χ0v) is 12.3. The lowest BCUT2D eigenvalue weighted by molar-refractivity contribution is -0.117. The van der Waals surface area contributed by atoms with Crippen LogP contribution in [0.1, 0.15) is 31.7 Å². The van der Waals surface area contributed by atoms with Crippen LogP contribution in [-0.4, -0.2) is 12.4 Å². The number of ether oxygens (including phenoxy) is 1. The third kappa shape index (κ3) is 7.70. The lowest BCUT2D eigenvalue weighted by atomic mass is 10.0. The molecule has 108 valence electrons. The molecule has 0 spiro atoms. The minimum atomic E-state index is 0.252. The van der Waals surface area contributed by atoms with Gasteiger partial charge >= 0.3 is 0 Å². The molecule has 0 radical (unpaired) electrons. The molecule has 0 amide bonds. The van der Waals surface area contributed by atoms with Gasteiger partial charge in [-0.25, -0.2) is 0 Å². The average molecular weight is 272 g/mol. The van der Waals surface area contributed by atoms with Gasteiger partial charge in [0.25, 0.3) is 0 Å². The van der Waals surface area contributed by atoms with E-state index in [2.05, 4.69) is 24.8 Å². The van der Waals surface area contributed by atoms with Gasteiger partial charge in [-0.2, -0.15) is 0 Å². The van der Waals surface area contributed by atoms with E-state index in [4.69, 9.17) is 4.74 Å². The van der Waals surface area contributed by atoms with Crippen LogP contribution in [0.15, 0.2) is 55.1 Å². The second-order valence-corrected chi connectivity index (χ2v) is 4.98. The zero-order valence-electron chi connectivity index (χ0n) is 12.3. The Hall–Kier alpha value is -1.67. The monoisotopic (exact) mass is 272 g/mol. The van der Waals surface area contributed by atoms with E-state index >= 15 is 0 Å². The fourth-order valence-electron chi connectivity index (χ4n) is 1.99. The van der Waals surface area contributed by atoms with Crippen LogP contribution >= 0.6 is 0 Å². The molecule has 0 aliphatic carbocycles. The highest BCUT2D eigenvalue weighted by atomic mass is 16.5. The highest BCUT2D eigenvalue weighted by Crippen LogP contribution is 2.13. The molecule has 0 heterocycles. The molecule has 1 aromatic rings. The van der Waals surface area contributed by atoms with E-state index in [0.29, 0.717) is 25.6 Å². The van der Waals surface area contributed by atoms with Crippen molar-refractivity contribution in [1.82, 2.24) is 0 Å². The van der Waals surface area contributed by atoms with Crippen molar-refractivity contribution in [2.75, 3.05) is 6.61 Å². The van der Waals surface area contributed by atoms with Crippen LogP contribution in [0.2, 0.25) is 0 Å². The fraction of sp³-hybridized carbons (Fsp3) is 0.389. The third-order valence-electron chi connectivity index (χ3n) is 3.07. The summed E-state index contributed by atoms with van der Waals surface area (Å²) in [5, 5.41) is 0. The molecule has 0 bridgehead atoms. The van der Waals surface area contributed by atoms with Crippen LogP contribution in [0.4, 0.5) is 0 Å². The van der Waals surface area contributed by atoms with Gasteiger partial charge < -0.3 is 9.53 Å². The minimum absolute atomic E-state index is 0.252. The van der Waals surface area contributed by atoms with E-state index < -0.39 is 0 Å². The normalized spacial score (nSPS) is 12.4. The maximum absolute atomic E-state index is 11.0. The molecular formula is C18H24O2. The molecule has 0 saturated carbocycles. The fourth-order valence-corrected chi connectivity index (χ4v) is 1.99. The maximum Gasteiger partial charge on any atom is 0.129 e. The van der Waals surface area contributed by atoms with Gasteiger partial charge in [-0.1, -0.05) is 55.1 Å². The Morgan fingerprint density at radius 2 is 2.10 bits per heavy atom. The number of carbonyl (C=O) groups is 1. The number of benzene rings is 1. The molecule has 0 aliphatic heterocycles. The summed E-state index contributed by atoms with van der Waals surface area (Å²) in [4.78, 5) is 11.0. The lowest BCUT2D eigenvalue weighted by Crippen LogP contribution is -2.08. The highest BCUT2D eigenvalue weighted by molar-refractivity contribution is 5.75. The maximum atomic E-state index is 11.0. The smallest absolute Gasteiger partial charge is 0.129 e. The second kappa shape index (κ2) is 10.2. The molecule has 0 fully saturated rings. The van der Waals surface area contributed by atoms with E-state index in [1.54, 1.807) is 13.0 Å². The van der Waals surface area contributed by atoms with Gasteiger partial charge in [0, 0.05) is 12.3 Å². The minimum Gasteiger partial charge on any atom is -0.376 e.